The lowest BCUT2D eigenvalue weighted by molar-refractivity contribution is -0.136. The fraction of sp³-hybridized carbons (Fsp3) is 0.478. The van der Waals surface area contributed by atoms with Crippen molar-refractivity contribution in [3.8, 4) is 5.75 Å². The molecule has 9 heteroatoms. The lowest BCUT2D eigenvalue weighted by Gasteiger charge is -2.35. The van der Waals surface area contributed by atoms with Crippen LogP contribution in [0.2, 0.25) is 0 Å². The lowest BCUT2D eigenvalue weighted by atomic mass is 9.88. The van der Waals surface area contributed by atoms with Gasteiger partial charge in [0.1, 0.15) is 11.4 Å². The Kier molecular flexibility index (Phi) is 5.22. The van der Waals surface area contributed by atoms with E-state index >= 15 is 0 Å². The first-order chi connectivity index (χ1) is 15.4. The molecule has 0 spiro atoms. The molecule has 3 heterocycles. The number of ether oxygens (including phenoxy) is 1. The number of pyridine rings is 1. The van der Waals surface area contributed by atoms with Gasteiger partial charge in [-0.25, -0.2) is 4.39 Å². The molecular weight excluding hydrogens is 424 g/mol. The number of hydrogen-bond donors (Lipinski definition) is 0. The molecule has 1 saturated carbocycles. The Hall–Kier alpha value is -2.84. The normalized spacial score (nSPS) is 17.8. The molecule has 1 aliphatic carbocycles. The summed E-state index contributed by atoms with van der Waals surface area (Å²) in [6, 6.07) is 6.34. The predicted molar refractivity (Wildman–Crippen MR) is 112 cm³/mol. The van der Waals surface area contributed by atoms with Gasteiger partial charge in [0.2, 0.25) is 0 Å². The zero-order valence-electron chi connectivity index (χ0n) is 17.7. The standard InChI is InChI=1S/C23H24F4N4O/c1-32-21-16(3-2-4-17(21)24)15-7-10-30(11-8-15)18-9-12-31-19(13-14-5-6-14)28-29-22(31)20(18)23(25,26)27/h2-4,9,12,14-15H,5-8,10-11,13H2,1H3. The van der Waals surface area contributed by atoms with E-state index in [0.29, 0.717) is 44.1 Å². The Morgan fingerprint density at radius 3 is 2.47 bits per heavy atom. The van der Waals surface area contributed by atoms with Gasteiger partial charge < -0.3 is 9.64 Å². The number of methoxy groups -OCH3 is 1. The molecule has 0 amide bonds. The number of fused-ring (bicyclic) bond motifs is 1. The Labute approximate surface area is 183 Å². The first kappa shape index (κ1) is 21.0. The lowest BCUT2D eigenvalue weighted by Crippen LogP contribution is -2.34. The van der Waals surface area contributed by atoms with Crippen LogP contribution in [0.15, 0.2) is 30.5 Å². The molecule has 1 saturated heterocycles. The van der Waals surface area contributed by atoms with Gasteiger partial charge in [0.05, 0.1) is 12.8 Å². The van der Waals surface area contributed by atoms with Gasteiger partial charge in [0.25, 0.3) is 0 Å². The van der Waals surface area contributed by atoms with Crippen molar-refractivity contribution in [2.45, 2.75) is 44.2 Å². The van der Waals surface area contributed by atoms with Gasteiger partial charge >= 0.3 is 6.18 Å². The summed E-state index contributed by atoms with van der Waals surface area (Å²) in [5.74, 6) is 0.890. The monoisotopic (exact) mass is 448 g/mol. The Balaban J connectivity index is 1.43. The van der Waals surface area contributed by atoms with E-state index in [0.717, 1.165) is 18.4 Å². The molecule has 0 unspecified atom stereocenters. The second-order valence-corrected chi connectivity index (χ2v) is 8.65. The van der Waals surface area contributed by atoms with Crippen LogP contribution < -0.4 is 9.64 Å². The smallest absolute Gasteiger partial charge is 0.422 e. The fourth-order valence-corrected chi connectivity index (χ4v) is 4.74. The highest BCUT2D eigenvalue weighted by Crippen LogP contribution is 2.42. The molecule has 0 N–H and O–H groups in total. The van der Waals surface area contributed by atoms with Crippen molar-refractivity contribution in [3.05, 3.63) is 53.2 Å². The summed E-state index contributed by atoms with van der Waals surface area (Å²) in [7, 11) is 1.43. The van der Waals surface area contributed by atoms with Crippen LogP contribution in [0.5, 0.6) is 5.75 Å². The predicted octanol–water partition coefficient (Wildman–Crippen LogP) is 5.23. The Bertz CT molecular complexity index is 1130. The summed E-state index contributed by atoms with van der Waals surface area (Å²) in [6.45, 7) is 0.847. The van der Waals surface area contributed by atoms with Crippen molar-refractivity contribution in [2.75, 3.05) is 25.1 Å². The number of anilines is 1. The maximum atomic E-state index is 14.1. The largest absolute Gasteiger partial charge is 0.493 e. The quantitative estimate of drug-likeness (QED) is 0.501. The van der Waals surface area contributed by atoms with E-state index in [9.17, 15) is 17.6 Å². The van der Waals surface area contributed by atoms with Crippen molar-refractivity contribution in [3.63, 3.8) is 0 Å². The molecule has 1 aliphatic heterocycles. The van der Waals surface area contributed by atoms with E-state index in [1.165, 1.54) is 23.6 Å². The minimum atomic E-state index is -4.55. The molecule has 2 aliphatic rings. The van der Waals surface area contributed by atoms with Crippen molar-refractivity contribution in [1.29, 1.82) is 0 Å². The van der Waals surface area contributed by atoms with E-state index in [-0.39, 0.29) is 23.0 Å². The van der Waals surface area contributed by atoms with Gasteiger partial charge in [-0.3, -0.25) is 4.40 Å². The molecule has 170 valence electrons. The molecule has 3 aromatic rings. The van der Waals surface area contributed by atoms with Crippen molar-refractivity contribution >= 4 is 11.3 Å². The number of nitrogens with zero attached hydrogens (tertiary/aromatic N) is 4. The van der Waals surface area contributed by atoms with Gasteiger partial charge in [0.15, 0.2) is 17.2 Å². The zero-order chi connectivity index (χ0) is 22.5. The Morgan fingerprint density at radius 2 is 1.81 bits per heavy atom. The third kappa shape index (κ3) is 3.78. The first-order valence-electron chi connectivity index (χ1n) is 10.9. The number of aromatic nitrogens is 3. The number of rotatable bonds is 5. The maximum absolute atomic E-state index is 14.1. The van der Waals surface area contributed by atoms with Gasteiger partial charge in [-0.2, -0.15) is 13.2 Å². The van der Waals surface area contributed by atoms with E-state index < -0.39 is 17.6 Å². The molecule has 2 fully saturated rings. The second-order valence-electron chi connectivity index (χ2n) is 8.65. The highest BCUT2D eigenvalue weighted by molar-refractivity contribution is 5.67. The van der Waals surface area contributed by atoms with E-state index in [4.69, 9.17) is 4.74 Å². The maximum Gasteiger partial charge on any atom is 0.422 e. The van der Waals surface area contributed by atoms with Crippen molar-refractivity contribution in [2.24, 2.45) is 5.92 Å². The molecule has 5 nitrogen and oxygen atoms in total. The second kappa shape index (κ2) is 7.94. The number of halogens is 4. The summed E-state index contributed by atoms with van der Waals surface area (Å²) >= 11 is 0. The van der Waals surface area contributed by atoms with Gasteiger partial charge in [0, 0.05) is 31.3 Å². The van der Waals surface area contributed by atoms with Crippen LogP contribution in [0.1, 0.15) is 48.6 Å². The minimum Gasteiger partial charge on any atom is -0.493 e. The van der Waals surface area contributed by atoms with Crippen LogP contribution in [0.3, 0.4) is 0 Å². The van der Waals surface area contributed by atoms with Crippen LogP contribution in [0.25, 0.3) is 5.65 Å². The number of piperidine rings is 1. The van der Waals surface area contributed by atoms with Crippen molar-refractivity contribution in [1.82, 2.24) is 14.6 Å². The third-order valence-corrected chi connectivity index (χ3v) is 6.56. The summed E-state index contributed by atoms with van der Waals surface area (Å²) in [5.41, 5.74) is 0.0109. The molecule has 0 radical (unpaired) electrons. The fourth-order valence-electron chi connectivity index (χ4n) is 4.74. The average molecular weight is 448 g/mol. The number of alkyl halides is 3. The summed E-state index contributed by atoms with van der Waals surface area (Å²) in [4.78, 5) is 1.75. The first-order valence-corrected chi connectivity index (χ1v) is 10.9. The molecule has 0 atom stereocenters. The number of hydrogen-bond acceptors (Lipinski definition) is 4. The number of para-hydroxylation sites is 1. The minimum absolute atomic E-state index is 0.0215. The van der Waals surface area contributed by atoms with Crippen molar-refractivity contribution < 1.29 is 22.3 Å². The molecule has 1 aromatic carbocycles. The molecular formula is C23H24F4N4O. The highest BCUT2D eigenvalue weighted by Gasteiger charge is 2.40. The average Bonchev–Trinajstić information content (AvgIpc) is 3.50. The summed E-state index contributed by atoms with van der Waals surface area (Å²) < 4.78 is 63.2. The highest BCUT2D eigenvalue weighted by atomic mass is 19.4. The molecule has 0 bridgehead atoms. The molecule has 5 rings (SSSR count). The zero-order valence-corrected chi connectivity index (χ0v) is 17.7. The van der Waals surface area contributed by atoms with E-state index in [2.05, 4.69) is 10.2 Å². The van der Waals surface area contributed by atoms with Gasteiger partial charge in [-0.05, 0) is 49.7 Å². The SMILES string of the molecule is COc1c(F)cccc1C1CCN(c2ccn3c(CC4CC4)nnc3c2C(F)(F)F)CC1. The van der Waals surface area contributed by atoms with E-state index in [1.807, 2.05) is 6.07 Å². The van der Waals surface area contributed by atoms with Gasteiger partial charge in [-0.1, -0.05) is 12.1 Å². The number of benzene rings is 1. The summed E-state index contributed by atoms with van der Waals surface area (Å²) in [5, 5.41) is 7.98. The Morgan fingerprint density at radius 1 is 1.06 bits per heavy atom. The molecule has 32 heavy (non-hydrogen) atoms. The van der Waals surface area contributed by atoms with Crippen LogP contribution in [-0.2, 0) is 12.6 Å². The van der Waals surface area contributed by atoms with E-state index in [1.54, 1.807) is 17.2 Å². The van der Waals surface area contributed by atoms with Crippen LogP contribution in [0.4, 0.5) is 23.2 Å². The van der Waals surface area contributed by atoms with Crippen LogP contribution in [0, 0.1) is 11.7 Å². The topological polar surface area (TPSA) is 42.7 Å². The third-order valence-electron chi connectivity index (χ3n) is 6.56. The summed E-state index contributed by atoms with van der Waals surface area (Å²) in [6.07, 6.45) is 1.13. The van der Waals surface area contributed by atoms with Gasteiger partial charge in [-0.15, -0.1) is 10.2 Å². The van der Waals surface area contributed by atoms with Crippen LogP contribution >= 0.6 is 0 Å². The van der Waals surface area contributed by atoms with Crippen LogP contribution in [-0.4, -0.2) is 34.8 Å². The molecule has 2 aromatic heterocycles.